The number of piperazine rings is 1. The summed E-state index contributed by atoms with van der Waals surface area (Å²) in [5.74, 6) is 2.66. The number of hydrogen-bond acceptors (Lipinski definition) is 10. The molecule has 1 fully saturated rings. The number of methoxy groups -OCH3 is 1. The average molecular weight is 586 g/mol. The van der Waals surface area contributed by atoms with E-state index in [1.807, 2.05) is 31.8 Å². The lowest BCUT2D eigenvalue weighted by atomic mass is 10.2. The van der Waals surface area contributed by atoms with E-state index in [1.165, 1.54) is 6.33 Å². The number of benzene rings is 2. The van der Waals surface area contributed by atoms with Crippen LogP contribution in [0.15, 0.2) is 42.7 Å². The van der Waals surface area contributed by atoms with Gasteiger partial charge in [-0.1, -0.05) is 6.92 Å². The van der Waals surface area contributed by atoms with E-state index in [9.17, 15) is 13.2 Å². The van der Waals surface area contributed by atoms with Gasteiger partial charge in [-0.15, -0.1) is 0 Å². The van der Waals surface area contributed by atoms with Crippen LogP contribution in [-0.2, 0) is 9.84 Å². The number of aromatic nitrogens is 2. The Kier molecular flexibility index (Phi) is 10.2. The summed E-state index contributed by atoms with van der Waals surface area (Å²) in [6.45, 7) is 8.57. The first-order valence-electron chi connectivity index (χ1n) is 13.9. The molecule has 3 aromatic rings. The SMILES string of the molecule is CCCS(=O)(=O)CCCOc1cc2ncnc(N3CCN(NC(=O)c4ccc(OC(C)C)cc4)CC3)c2cc1OC. The highest BCUT2D eigenvalue weighted by Gasteiger charge is 2.23. The molecule has 0 spiro atoms. The minimum Gasteiger partial charge on any atom is -0.493 e. The molecule has 2 heterocycles. The van der Waals surface area contributed by atoms with Crippen molar-refractivity contribution in [2.45, 2.75) is 39.7 Å². The maximum absolute atomic E-state index is 12.8. The van der Waals surface area contributed by atoms with Gasteiger partial charge in [0.15, 0.2) is 11.5 Å². The van der Waals surface area contributed by atoms with Gasteiger partial charge in [0.05, 0.1) is 31.1 Å². The summed E-state index contributed by atoms with van der Waals surface area (Å²) in [5, 5.41) is 2.73. The third kappa shape index (κ3) is 8.20. The Labute approximate surface area is 241 Å². The Balaban J connectivity index is 1.37. The zero-order chi connectivity index (χ0) is 29.4. The third-order valence-corrected chi connectivity index (χ3v) is 8.54. The topological polar surface area (TPSA) is 123 Å². The summed E-state index contributed by atoms with van der Waals surface area (Å²) in [7, 11) is -1.49. The first kappa shape index (κ1) is 30.3. The number of nitrogens with zero attached hydrogens (tertiary/aromatic N) is 4. The summed E-state index contributed by atoms with van der Waals surface area (Å²) in [6, 6.07) is 10.8. The van der Waals surface area contributed by atoms with Crippen molar-refractivity contribution in [3.8, 4) is 17.2 Å². The third-order valence-electron chi connectivity index (χ3n) is 6.60. The normalized spacial score (nSPS) is 14.3. The number of nitrogens with one attached hydrogen (secondary N) is 1. The van der Waals surface area contributed by atoms with Crippen LogP contribution in [0.25, 0.3) is 10.9 Å². The number of carbonyl (C=O) groups is 1. The van der Waals surface area contributed by atoms with Crippen molar-refractivity contribution in [1.29, 1.82) is 0 Å². The smallest absolute Gasteiger partial charge is 0.265 e. The van der Waals surface area contributed by atoms with Crippen molar-refractivity contribution in [1.82, 2.24) is 20.4 Å². The molecule has 0 unspecified atom stereocenters. The number of amides is 1. The van der Waals surface area contributed by atoms with Crippen LogP contribution in [0, 0.1) is 0 Å². The van der Waals surface area contributed by atoms with Crippen molar-refractivity contribution in [2.24, 2.45) is 0 Å². The van der Waals surface area contributed by atoms with Crippen molar-refractivity contribution < 1.29 is 27.4 Å². The van der Waals surface area contributed by atoms with Crippen LogP contribution in [-0.4, -0.2) is 86.8 Å². The van der Waals surface area contributed by atoms with Gasteiger partial charge in [0.2, 0.25) is 0 Å². The van der Waals surface area contributed by atoms with Crippen LogP contribution in [0.2, 0.25) is 0 Å². The molecule has 1 aliphatic heterocycles. The van der Waals surface area contributed by atoms with Crippen molar-refractivity contribution >= 4 is 32.5 Å². The van der Waals surface area contributed by atoms with Crippen LogP contribution in [0.5, 0.6) is 17.2 Å². The first-order valence-corrected chi connectivity index (χ1v) is 15.7. The van der Waals surface area contributed by atoms with Gasteiger partial charge in [-0.05, 0) is 57.0 Å². The van der Waals surface area contributed by atoms with E-state index >= 15 is 0 Å². The van der Waals surface area contributed by atoms with E-state index < -0.39 is 9.84 Å². The van der Waals surface area contributed by atoms with E-state index in [2.05, 4.69) is 20.3 Å². The number of anilines is 1. The highest BCUT2D eigenvalue weighted by atomic mass is 32.2. The Morgan fingerprint density at radius 1 is 1.02 bits per heavy atom. The second-order valence-electron chi connectivity index (χ2n) is 10.2. The van der Waals surface area contributed by atoms with Gasteiger partial charge < -0.3 is 19.1 Å². The second-order valence-corrected chi connectivity index (χ2v) is 12.5. The van der Waals surface area contributed by atoms with Crippen molar-refractivity contribution in [3.63, 3.8) is 0 Å². The van der Waals surface area contributed by atoms with Gasteiger partial charge in [0.1, 0.15) is 27.7 Å². The lowest BCUT2D eigenvalue weighted by Crippen LogP contribution is -2.53. The first-order chi connectivity index (χ1) is 19.7. The molecule has 0 radical (unpaired) electrons. The number of rotatable bonds is 13. The number of carbonyl (C=O) groups excluding carboxylic acids is 1. The molecule has 11 nitrogen and oxygen atoms in total. The quantitative estimate of drug-likeness (QED) is 0.298. The number of hydrogen-bond donors (Lipinski definition) is 1. The summed E-state index contributed by atoms with van der Waals surface area (Å²) in [6.07, 6.45) is 2.60. The van der Waals surface area contributed by atoms with Crippen LogP contribution >= 0.6 is 0 Å². The minimum absolute atomic E-state index is 0.0720. The van der Waals surface area contributed by atoms with Crippen LogP contribution < -0.4 is 24.5 Å². The molecule has 0 aliphatic carbocycles. The monoisotopic (exact) mass is 585 g/mol. The molecule has 1 N–H and O–H groups in total. The van der Waals surface area contributed by atoms with Crippen molar-refractivity contribution in [3.05, 3.63) is 48.3 Å². The van der Waals surface area contributed by atoms with Crippen molar-refractivity contribution in [2.75, 3.05) is 56.3 Å². The number of fused-ring (bicyclic) bond motifs is 1. The maximum Gasteiger partial charge on any atom is 0.265 e. The number of ether oxygens (including phenoxy) is 3. The molecule has 0 atom stereocenters. The predicted molar refractivity (Wildman–Crippen MR) is 159 cm³/mol. The molecule has 1 aliphatic rings. The Morgan fingerprint density at radius 2 is 1.76 bits per heavy atom. The van der Waals surface area contributed by atoms with E-state index in [0.717, 1.165) is 17.0 Å². The zero-order valence-electron chi connectivity index (χ0n) is 24.1. The summed E-state index contributed by atoms with van der Waals surface area (Å²) in [4.78, 5) is 23.9. The zero-order valence-corrected chi connectivity index (χ0v) is 24.9. The average Bonchev–Trinajstić information content (AvgIpc) is 2.95. The molecular formula is C29H39N5O6S. The Hall–Kier alpha value is -3.64. The lowest BCUT2D eigenvalue weighted by molar-refractivity contribution is 0.0777. The lowest BCUT2D eigenvalue weighted by Gasteiger charge is -2.35. The van der Waals surface area contributed by atoms with Crippen LogP contribution in [0.4, 0.5) is 5.82 Å². The number of hydrazine groups is 1. The summed E-state index contributed by atoms with van der Waals surface area (Å²) in [5.41, 5.74) is 4.26. The van der Waals surface area contributed by atoms with Gasteiger partial charge >= 0.3 is 0 Å². The molecule has 1 aromatic heterocycles. The standard InChI is InChI=1S/C29H39N5O6S/c1-5-16-41(36,37)17-6-15-39-27-19-25-24(18-26(27)38-4)28(31-20-30-25)33-11-13-34(14-12-33)32-29(35)22-7-9-23(10-8-22)40-21(2)3/h7-10,18-21H,5-6,11-17H2,1-4H3,(H,32,35). The highest BCUT2D eigenvalue weighted by Crippen LogP contribution is 2.35. The number of sulfone groups is 1. The highest BCUT2D eigenvalue weighted by molar-refractivity contribution is 7.91. The second kappa shape index (κ2) is 13.8. The molecule has 1 amide bonds. The predicted octanol–water partition coefficient (Wildman–Crippen LogP) is 3.49. The molecular weight excluding hydrogens is 546 g/mol. The van der Waals surface area contributed by atoms with Crippen LogP contribution in [0.1, 0.15) is 44.0 Å². The van der Waals surface area contributed by atoms with Gasteiger partial charge in [-0.2, -0.15) is 0 Å². The minimum atomic E-state index is -3.05. The fraction of sp³-hybridized carbons (Fsp3) is 0.483. The van der Waals surface area contributed by atoms with E-state index in [-0.39, 0.29) is 30.1 Å². The van der Waals surface area contributed by atoms with E-state index in [4.69, 9.17) is 14.2 Å². The summed E-state index contributed by atoms with van der Waals surface area (Å²) < 4.78 is 41.1. The Morgan fingerprint density at radius 3 is 2.41 bits per heavy atom. The molecule has 1 saturated heterocycles. The molecule has 0 bridgehead atoms. The van der Waals surface area contributed by atoms with E-state index in [1.54, 1.807) is 37.4 Å². The molecule has 0 saturated carbocycles. The maximum atomic E-state index is 12.8. The molecule has 222 valence electrons. The largest absolute Gasteiger partial charge is 0.493 e. The van der Waals surface area contributed by atoms with Gasteiger partial charge in [-0.25, -0.2) is 23.4 Å². The molecule has 2 aromatic carbocycles. The molecule has 4 rings (SSSR count). The van der Waals surface area contributed by atoms with Gasteiger partial charge in [0, 0.05) is 48.9 Å². The fourth-order valence-corrected chi connectivity index (χ4v) is 6.03. The molecule has 41 heavy (non-hydrogen) atoms. The Bertz CT molecular complexity index is 1420. The van der Waals surface area contributed by atoms with Gasteiger partial charge in [-0.3, -0.25) is 10.2 Å². The van der Waals surface area contributed by atoms with E-state index in [0.29, 0.717) is 61.6 Å². The molecule has 12 heteroatoms. The van der Waals surface area contributed by atoms with Gasteiger partial charge in [0.25, 0.3) is 5.91 Å². The fourth-order valence-electron chi connectivity index (χ4n) is 4.64. The van der Waals surface area contributed by atoms with Crippen LogP contribution in [0.3, 0.4) is 0 Å². The summed E-state index contributed by atoms with van der Waals surface area (Å²) >= 11 is 0.